The number of hydrogen-bond donors (Lipinski definition) is 0. The summed E-state index contributed by atoms with van der Waals surface area (Å²) in [7, 11) is 0. The van der Waals surface area contributed by atoms with Crippen molar-refractivity contribution in [3.05, 3.63) is 224 Å². The van der Waals surface area contributed by atoms with Crippen LogP contribution in [0.15, 0.2) is 229 Å². The Morgan fingerprint density at radius 3 is 1.66 bits per heavy atom. The van der Waals surface area contributed by atoms with Crippen LogP contribution in [0.4, 0.5) is 17.1 Å². The van der Waals surface area contributed by atoms with Crippen molar-refractivity contribution in [1.29, 1.82) is 0 Å². The number of anilines is 3. The highest BCUT2D eigenvalue weighted by molar-refractivity contribution is 6.02. The molecular formula is C54H37NO. The normalized spacial score (nSPS) is 11.2. The van der Waals surface area contributed by atoms with Gasteiger partial charge in [-0.25, -0.2) is 0 Å². The van der Waals surface area contributed by atoms with Gasteiger partial charge in [-0.3, -0.25) is 0 Å². The summed E-state index contributed by atoms with van der Waals surface area (Å²) < 4.78 is 6.71. The van der Waals surface area contributed by atoms with E-state index >= 15 is 0 Å². The zero-order valence-electron chi connectivity index (χ0n) is 30.7. The summed E-state index contributed by atoms with van der Waals surface area (Å²) >= 11 is 0. The van der Waals surface area contributed by atoms with E-state index in [2.05, 4.69) is 223 Å². The fourth-order valence-corrected chi connectivity index (χ4v) is 8.01. The molecule has 56 heavy (non-hydrogen) atoms. The maximum Gasteiger partial charge on any atom is 0.143 e. The van der Waals surface area contributed by atoms with E-state index in [9.17, 15) is 0 Å². The van der Waals surface area contributed by atoms with E-state index in [-0.39, 0.29) is 0 Å². The summed E-state index contributed by atoms with van der Waals surface area (Å²) in [6.45, 7) is 0. The van der Waals surface area contributed by atoms with Crippen LogP contribution in [0.1, 0.15) is 0 Å². The SMILES string of the molecule is c1ccc(-c2ccc(-c3ccccc3N(c3ccc(-c4cccc5ccccc45)cc3)c3cccc(-c4oc5ccccc5c4-c4ccccc4)c3)cc2)cc1. The smallest absolute Gasteiger partial charge is 0.143 e. The third kappa shape index (κ3) is 6.14. The maximum absolute atomic E-state index is 6.71. The molecule has 0 unspecified atom stereocenters. The van der Waals surface area contributed by atoms with Crippen molar-refractivity contribution in [3.8, 4) is 55.8 Å². The average Bonchev–Trinajstić information content (AvgIpc) is 3.68. The van der Waals surface area contributed by atoms with E-state index in [0.717, 1.165) is 61.6 Å². The molecule has 1 aromatic heterocycles. The third-order valence-corrected chi connectivity index (χ3v) is 10.7. The van der Waals surface area contributed by atoms with Gasteiger partial charge < -0.3 is 9.32 Å². The van der Waals surface area contributed by atoms with Gasteiger partial charge in [-0.15, -0.1) is 0 Å². The van der Waals surface area contributed by atoms with Gasteiger partial charge in [0.25, 0.3) is 0 Å². The zero-order valence-corrected chi connectivity index (χ0v) is 30.7. The Hall–Kier alpha value is -7.42. The van der Waals surface area contributed by atoms with Crippen LogP contribution in [0.25, 0.3) is 77.6 Å². The largest absolute Gasteiger partial charge is 0.455 e. The van der Waals surface area contributed by atoms with E-state index < -0.39 is 0 Å². The van der Waals surface area contributed by atoms with Crippen LogP contribution in [0.2, 0.25) is 0 Å². The second-order valence-corrected chi connectivity index (χ2v) is 14.1. The molecule has 0 aliphatic carbocycles. The molecule has 9 aromatic carbocycles. The minimum absolute atomic E-state index is 0.857. The molecule has 0 fully saturated rings. The van der Waals surface area contributed by atoms with Crippen molar-refractivity contribution in [1.82, 2.24) is 0 Å². The van der Waals surface area contributed by atoms with Crippen LogP contribution in [0.3, 0.4) is 0 Å². The summed E-state index contributed by atoms with van der Waals surface area (Å²) in [4.78, 5) is 2.38. The summed E-state index contributed by atoms with van der Waals surface area (Å²) in [5, 5.41) is 3.58. The summed E-state index contributed by atoms with van der Waals surface area (Å²) in [6.07, 6.45) is 0. The molecule has 0 radical (unpaired) electrons. The first-order chi connectivity index (χ1) is 27.8. The number of hydrogen-bond acceptors (Lipinski definition) is 2. The van der Waals surface area contributed by atoms with Gasteiger partial charge in [-0.2, -0.15) is 0 Å². The lowest BCUT2D eigenvalue weighted by Gasteiger charge is -2.28. The minimum Gasteiger partial charge on any atom is -0.455 e. The molecule has 10 rings (SSSR count). The minimum atomic E-state index is 0.857. The predicted molar refractivity (Wildman–Crippen MR) is 236 cm³/mol. The molecule has 0 saturated carbocycles. The van der Waals surface area contributed by atoms with E-state index in [1.165, 1.54) is 33.0 Å². The standard InChI is InChI=1S/C54H37NO/c1-3-15-38(16-4-1)39-29-31-42(32-30-39)49-24-9-11-27-51(49)55(45-35-33-41(34-36-45)48-26-14-20-40-17-7-8-23-47(40)48)46-22-13-21-44(37-46)54-53(43-18-5-2-6-19-43)50-25-10-12-28-52(50)56-54/h1-37H. The topological polar surface area (TPSA) is 16.4 Å². The Labute approximate surface area is 327 Å². The number of nitrogens with zero attached hydrogens (tertiary/aromatic N) is 1. The van der Waals surface area contributed by atoms with Crippen LogP contribution < -0.4 is 4.90 Å². The Kier molecular flexibility index (Phi) is 8.55. The van der Waals surface area contributed by atoms with E-state index in [4.69, 9.17) is 4.42 Å². The third-order valence-electron chi connectivity index (χ3n) is 10.7. The average molecular weight is 716 g/mol. The van der Waals surface area contributed by atoms with Gasteiger partial charge in [0.2, 0.25) is 0 Å². The lowest BCUT2D eigenvalue weighted by Crippen LogP contribution is -2.11. The van der Waals surface area contributed by atoms with Gasteiger partial charge in [0.05, 0.1) is 5.69 Å². The number of furan rings is 1. The maximum atomic E-state index is 6.71. The van der Waals surface area contributed by atoms with E-state index in [1.54, 1.807) is 0 Å². The number of para-hydroxylation sites is 2. The van der Waals surface area contributed by atoms with E-state index in [1.807, 2.05) is 6.07 Å². The van der Waals surface area contributed by atoms with Crippen LogP contribution in [-0.2, 0) is 0 Å². The quantitative estimate of drug-likeness (QED) is 0.156. The molecule has 10 aromatic rings. The molecule has 0 spiro atoms. The molecule has 0 aliphatic heterocycles. The lowest BCUT2D eigenvalue weighted by atomic mass is 9.96. The van der Waals surface area contributed by atoms with E-state index in [0.29, 0.717) is 0 Å². The highest BCUT2D eigenvalue weighted by Crippen LogP contribution is 2.45. The fraction of sp³-hybridized carbons (Fsp3) is 0. The Morgan fingerprint density at radius 1 is 0.321 bits per heavy atom. The van der Waals surface area contributed by atoms with Gasteiger partial charge in [0.15, 0.2) is 0 Å². The van der Waals surface area contributed by atoms with Gasteiger partial charge in [-0.05, 0) is 80.6 Å². The van der Waals surface area contributed by atoms with Gasteiger partial charge in [-0.1, -0.05) is 188 Å². The van der Waals surface area contributed by atoms with Gasteiger partial charge in [0.1, 0.15) is 11.3 Å². The summed E-state index contributed by atoms with van der Waals surface area (Å²) in [6, 6.07) is 79.9. The fourth-order valence-electron chi connectivity index (χ4n) is 8.01. The molecular weight excluding hydrogens is 679 g/mol. The Morgan fingerprint density at radius 2 is 0.857 bits per heavy atom. The zero-order chi connectivity index (χ0) is 37.3. The second kappa shape index (κ2) is 14.4. The van der Waals surface area contributed by atoms with Crippen LogP contribution in [0, 0.1) is 0 Å². The first-order valence-corrected chi connectivity index (χ1v) is 19.1. The van der Waals surface area contributed by atoms with Gasteiger partial charge in [0, 0.05) is 33.5 Å². The molecule has 0 N–H and O–H groups in total. The second-order valence-electron chi connectivity index (χ2n) is 14.1. The monoisotopic (exact) mass is 715 g/mol. The van der Waals surface area contributed by atoms with Crippen molar-refractivity contribution >= 4 is 38.8 Å². The molecule has 2 heteroatoms. The molecule has 264 valence electrons. The molecule has 2 nitrogen and oxygen atoms in total. The van der Waals surface area contributed by atoms with Crippen molar-refractivity contribution in [2.24, 2.45) is 0 Å². The first-order valence-electron chi connectivity index (χ1n) is 19.1. The van der Waals surface area contributed by atoms with Crippen LogP contribution in [0.5, 0.6) is 0 Å². The van der Waals surface area contributed by atoms with Gasteiger partial charge >= 0.3 is 0 Å². The highest BCUT2D eigenvalue weighted by Gasteiger charge is 2.21. The molecule has 0 aliphatic rings. The lowest BCUT2D eigenvalue weighted by molar-refractivity contribution is 0.632. The summed E-state index contributed by atoms with van der Waals surface area (Å²) in [5.74, 6) is 0.857. The predicted octanol–water partition coefficient (Wildman–Crippen LogP) is 15.4. The Bertz CT molecular complexity index is 2940. The van der Waals surface area contributed by atoms with Crippen molar-refractivity contribution < 1.29 is 4.42 Å². The molecule has 0 atom stereocenters. The molecule has 0 saturated heterocycles. The van der Waals surface area contributed by atoms with Crippen LogP contribution in [-0.4, -0.2) is 0 Å². The van der Waals surface area contributed by atoms with Crippen LogP contribution >= 0.6 is 0 Å². The van der Waals surface area contributed by atoms with Crippen molar-refractivity contribution in [2.75, 3.05) is 4.90 Å². The first kappa shape index (κ1) is 33.2. The van der Waals surface area contributed by atoms with Crippen molar-refractivity contribution in [3.63, 3.8) is 0 Å². The highest BCUT2D eigenvalue weighted by atomic mass is 16.3. The molecule has 0 amide bonds. The Balaban J connectivity index is 1.13. The molecule has 0 bridgehead atoms. The summed E-state index contributed by atoms with van der Waals surface area (Å²) in [5.41, 5.74) is 14.4. The van der Waals surface area contributed by atoms with Crippen molar-refractivity contribution in [2.45, 2.75) is 0 Å². The number of benzene rings is 9. The number of fused-ring (bicyclic) bond motifs is 2. The number of rotatable bonds is 8. The molecule has 1 heterocycles.